The van der Waals surface area contributed by atoms with Crippen LogP contribution in [0.3, 0.4) is 0 Å². The summed E-state index contributed by atoms with van der Waals surface area (Å²) in [6, 6.07) is 0.266. The van der Waals surface area contributed by atoms with Gasteiger partial charge in [0.2, 0.25) is 5.91 Å². The molecule has 64 valence electrons. The molecule has 3 heteroatoms. The van der Waals surface area contributed by atoms with Gasteiger partial charge in [-0.05, 0) is 19.8 Å². The summed E-state index contributed by atoms with van der Waals surface area (Å²) in [5.41, 5.74) is -0.302. The molecule has 2 atom stereocenters. The van der Waals surface area contributed by atoms with Crippen LogP contribution < -0.4 is 5.32 Å². The zero-order valence-corrected chi connectivity index (χ0v) is 7.05. The van der Waals surface area contributed by atoms with E-state index in [0.717, 1.165) is 6.42 Å². The Kier molecular flexibility index (Phi) is 2.18. The van der Waals surface area contributed by atoms with Gasteiger partial charge < -0.3 is 10.4 Å². The van der Waals surface area contributed by atoms with E-state index in [1.54, 1.807) is 0 Å². The van der Waals surface area contributed by atoms with Gasteiger partial charge in [-0.2, -0.15) is 0 Å². The van der Waals surface area contributed by atoms with Gasteiger partial charge in [0.1, 0.15) is 0 Å². The van der Waals surface area contributed by atoms with Gasteiger partial charge >= 0.3 is 0 Å². The van der Waals surface area contributed by atoms with Gasteiger partial charge in [0.25, 0.3) is 0 Å². The standard InChI is InChI=1S/C8H15NO2/c1-3-6-8(2,4-5-10)7(11)9-6/h6,10H,3-5H2,1-2H3,(H,9,11). The van der Waals surface area contributed by atoms with Crippen molar-refractivity contribution in [3.63, 3.8) is 0 Å². The van der Waals surface area contributed by atoms with Crippen LogP contribution in [0.2, 0.25) is 0 Å². The summed E-state index contributed by atoms with van der Waals surface area (Å²) in [6.45, 7) is 4.05. The first-order valence-electron chi connectivity index (χ1n) is 4.07. The molecule has 0 aromatic heterocycles. The molecule has 1 fully saturated rings. The molecule has 11 heavy (non-hydrogen) atoms. The summed E-state index contributed by atoms with van der Waals surface area (Å²) in [6.07, 6.45) is 1.53. The van der Waals surface area contributed by atoms with Crippen molar-refractivity contribution in [1.29, 1.82) is 0 Å². The van der Waals surface area contributed by atoms with Crippen molar-refractivity contribution < 1.29 is 9.90 Å². The minimum absolute atomic E-state index is 0.0819. The number of rotatable bonds is 3. The molecule has 0 saturated carbocycles. The first-order valence-corrected chi connectivity index (χ1v) is 4.07. The van der Waals surface area contributed by atoms with E-state index in [1.165, 1.54) is 0 Å². The Morgan fingerprint density at radius 3 is 2.73 bits per heavy atom. The number of amides is 1. The van der Waals surface area contributed by atoms with Gasteiger partial charge in [-0.15, -0.1) is 0 Å². The molecule has 2 unspecified atom stereocenters. The van der Waals surface area contributed by atoms with Gasteiger partial charge in [0, 0.05) is 12.6 Å². The number of β-lactam (4-membered cyclic amide) rings is 1. The zero-order chi connectivity index (χ0) is 8.48. The highest BCUT2D eigenvalue weighted by atomic mass is 16.3. The Labute approximate surface area is 66.8 Å². The Morgan fingerprint density at radius 1 is 1.73 bits per heavy atom. The quantitative estimate of drug-likeness (QED) is 0.578. The van der Waals surface area contributed by atoms with Crippen LogP contribution in [0.15, 0.2) is 0 Å². The summed E-state index contributed by atoms with van der Waals surface area (Å²) >= 11 is 0. The van der Waals surface area contributed by atoms with E-state index in [-0.39, 0.29) is 24.0 Å². The number of aliphatic hydroxyl groups is 1. The molecule has 0 aromatic rings. The normalized spacial score (nSPS) is 36.3. The second-order valence-electron chi connectivity index (χ2n) is 3.33. The van der Waals surface area contributed by atoms with Gasteiger partial charge in [-0.1, -0.05) is 6.92 Å². The van der Waals surface area contributed by atoms with Crippen LogP contribution in [0.4, 0.5) is 0 Å². The topological polar surface area (TPSA) is 49.3 Å². The Morgan fingerprint density at radius 2 is 2.36 bits per heavy atom. The summed E-state index contributed by atoms with van der Waals surface area (Å²) in [7, 11) is 0. The van der Waals surface area contributed by atoms with E-state index in [2.05, 4.69) is 5.32 Å². The monoisotopic (exact) mass is 157 g/mol. The lowest BCUT2D eigenvalue weighted by atomic mass is 9.71. The molecule has 1 amide bonds. The third-order valence-electron chi connectivity index (χ3n) is 2.63. The Hall–Kier alpha value is -0.570. The van der Waals surface area contributed by atoms with Gasteiger partial charge in [0.15, 0.2) is 0 Å². The fraction of sp³-hybridized carbons (Fsp3) is 0.875. The van der Waals surface area contributed by atoms with E-state index in [9.17, 15) is 4.79 Å². The molecule has 2 N–H and O–H groups in total. The number of hydrogen-bond donors (Lipinski definition) is 2. The van der Waals surface area contributed by atoms with Crippen LogP contribution in [0, 0.1) is 5.41 Å². The largest absolute Gasteiger partial charge is 0.396 e. The van der Waals surface area contributed by atoms with Crippen LogP contribution in [0.1, 0.15) is 26.7 Å². The average Bonchev–Trinajstić information content (AvgIpc) is 2.00. The number of carbonyl (C=O) groups excluding carboxylic acids is 1. The molecule has 3 nitrogen and oxygen atoms in total. The minimum Gasteiger partial charge on any atom is -0.396 e. The second kappa shape index (κ2) is 2.81. The summed E-state index contributed by atoms with van der Waals surface area (Å²) in [5, 5.41) is 11.5. The third kappa shape index (κ3) is 1.13. The lowest BCUT2D eigenvalue weighted by Crippen LogP contribution is -2.65. The maximum Gasteiger partial charge on any atom is 0.228 e. The molecule has 0 aromatic carbocycles. The highest BCUT2D eigenvalue weighted by Crippen LogP contribution is 2.35. The van der Waals surface area contributed by atoms with Crippen molar-refractivity contribution in [2.75, 3.05) is 6.61 Å². The molecule has 1 aliphatic heterocycles. The fourth-order valence-corrected chi connectivity index (χ4v) is 1.64. The van der Waals surface area contributed by atoms with Crippen molar-refractivity contribution in [1.82, 2.24) is 5.32 Å². The molecule has 0 aliphatic carbocycles. The molecule has 0 spiro atoms. The molecular weight excluding hydrogens is 142 g/mol. The predicted molar refractivity (Wildman–Crippen MR) is 42.0 cm³/mol. The molecular formula is C8H15NO2. The summed E-state index contributed by atoms with van der Waals surface area (Å²) in [4.78, 5) is 11.1. The number of carbonyl (C=O) groups is 1. The fourth-order valence-electron chi connectivity index (χ4n) is 1.64. The lowest BCUT2D eigenvalue weighted by Gasteiger charge is -2.45. The Bertz CT molecular complexity index is 169. The number of aliphatic hydroxyl groups excluding tert-OH is 1. The van der Waals surface area contributed by atoms with E-state index < -0.39 is 0 Å². The van der Waals surface area contributed by atoms with Crippen molar-refractivity contribution in [3.05, 3.63) is 0 Å². The van der Waals surface area contributed by atoms with E-state index >= 15 is 0 Å². The van der Waals surface area contributed by atoms with Crippen molar-refractivity contribution >= 4 is 5.91 Å². The first kappa shape index (κ1) is 8.53. The molecule has 0 radical (unpaired) electrons. The molecule has 1 saturated heterocycles. The van der Waals surface area contributed by atoms with Crippen LogP contribution in [-0.4, -0.2) is 23.7 Å². The molecule has 0 bridgehead atoms. The van der Waals surface area contributed by atoms with Gasteiger partial charge in [-0.25, -0.2) is 0 Å². The first-order chi connectivity index (χ1) is 5.15. The maximum atomic E-state index is 11.1. The number of hydrogen-bond acceptors (Lipinski definition) is 2. The predicted octanol–water partition coefficient (Wildman–Crippen LogP) is 0.283. The molecule has 1 heterocycles. The minimum atomic E-state index is -0.302. The highest BCUT2D eigenvalue weighted by molar-refractivity contribution is 5.89. The Balaban J connectivity index is 2.58. The van der Waals surface area contributed by atoms with Crippen molar-refractivity contribution in [2.45, 2.75) is 32.7 Å². The average molecular weight is 157 g/mol. The third-order valence-corrected chi connectivity index (χ3v) is 2.63. The highest BCUT2D eigenvalue weighted by Gasteiger charge is 2.49. The number of nitrogens with one attached hydrogen (secondary N) is 1. The van der Waals surface area contributed by atoms with Crippen LogP contribution in [0.5, 0.6) is 0 Å². The summed E-state index contributed by atoms with van der Waals surface area (Å²) in [5.74, 6) is 0.0819. The van der Waals surface area contributed by atoms with Crippen LogP contribution in [0.25, 0.3) is 0 Å². The smallest absolute Gasteiger partial charge is 0.228 e. The van der Waals surface area contributed by atoms with Gasteiger partial charge in [-0.3, -0.25) is 4.79 Å². The van der Waals surface area contributed by atoms with Crippen molar-refractivity contribution in [2.24, 2.45) is 5.41 Å². The summed E-state index contributed by atoms with van der Waals surface area (Å²) < 4.78 is 0. The van der Waals surface area contributed by atoms with Gasteiger partial charge in [0.05, 0.1) is 5.41 Å². The van der Waals surface area contributed by atoms with Crippen molar-refractivity contribution in [3.8, 4) is 0 Å². The molecule has 1 rings (SSSR count). The van der Waals surface area contributed by atoms with E-state index in [4.69, 9.17) is 5.11 Å². The zero-order valence-electron chi connectivity index (χ0n) is 7.05. The molecule has 1 aliphatic rings. The van der Waals surface area contributed by atoms with Crippen LogP contribution in [-0.2, 0) is 4.79 Å². The second-order valence-corrected chi connectivity index (χ2v) is 3.33. The SMILES string of the molecule is CCC1NC(=O)C1(C)CCO. The van der Waals surface area contributed by atoms with E-state index in [0.29, 0.717) is 6.42 Å². The lowest BCUT2D eigenvalue weighted by molar-refractivity contribution is -0.146. The maximum absolute atomic E-state index is 11.1. The van der Waals surface area contributed by atoms with Crippen LogP contribution >= 0.6 is 0 Å². The van der Waals surface area contributed by atoms with E-state index in [1.807, 2.05) is 13.8 Å².